The number of aromatic nitrogens is 1. The van der Waals surface area contributed by atoms with Crippen molar-refractivity contribution < 1.29 is 19.0 Å². The van der Waals surface area contributed by atoms with E-state index in [1.165, 1.54) is 5.56 Å². The Bertz CT molecular complexity index is 756. The van der Waals surface area contributed by atoms with Crippen molar-refractivity contribution in [2.45, 2.75) is 51.2 Å². The summed E-state index contributed by atoms with van der Waals surface area (Å²) in [5, 5.41) is 9.68. The van der Waals surface area contributed by atoms with Crippen molar-refractivity contribution in [3.8, 4) is 11.5 Å². The number of rotatable bonds is 6. The van der Waals surface area contributed by atoms with Crippen molar-refractivity contribution in [2.75, 3.05) is 14.2 Å². The largest absolute Gasteiger partial charge is 0.493 e. The third-order valence-electron chi connectivity index (χ3n) is 4.86. The maximum Gasteiger partial charge on any atom is 0.194 e. The topological polar surface area (TPSA) is 90.7 Å². The van der Waals surface area contributed by atoms with Crippen LogP contribution in [0.25, 0.3) is 0 Å². The van der Waals surface area contributed by atoms with E-state index in [1.807, 2.05) is 12.1 Å². The van der Waals surface area contributed by atoms with E-state index >= 15 is 0 Å². The minimum Gasteiger partial charge on any atom is -0.493 e. The molecule has 1 atom stereocenters. The van der Waals surface area contributed by atoms with Gasteiger partial charge in [-0.15, -0.1) is 0 Å². The minimum absolute atomic E-state index is 0.166. The van der Waals surface area contributed by atoms with Gasteiger partial charge in [0, 0.05) is 6.42 Å². The highest BCUT2D eigenvalue weighted by molar-refractivity contribution is 5.49. The van der Waals surface area contributed by atoms with Crippen molar-refractivity contribution >= 4 is 0 Å². The highest BCUT2D eigenvalue weighted by Gasteiger charge is 2.38. The van der Waals surface area contributed by atoms with Gasteiger partial charge in [0.2, 0.25) is 0 Å². The molecule has 1 aromatic heterocycles. The van der Waals surface area contributed by atoms with Crippen molar-refractivity contribution in [3.05, 3.63) is 40.6 Å². The molecular weight excluding hydrogens is 320 g/mol. The third kappa shape index (κ3) is 3.24. The Morgan fingerprint density at radius 3 is 2.52 bits per heavy atom. The molecule has 3 rings (SSSR count). The van der Waals surface area contributed by atoms with Crippen molar-refractivity contribution in [1.29, 1.82) is 0 Å². The highest BCUT2D eigenvalue weighted by Crippen LogP contribution is 2.40. The number of aliphatic hydroxyl groups is 1. The lowest BCUT2D eigenvalue weighted by Crippen LogP contribution is -2.42. The molecule has 0 fully saturated rings. The summed E-state index contributed by atoms with van der Waals surface area (Å²) in [5.74, 6) is 2.67. The average molecular weight is 346 g/mol. The van der Waals surface area contributed by atoms with Gasteiger partial charge in [-0.05, 0) is 48.9 Å². The Kier molecular flexibility index (Phi) is 5.01. The number of hydrogen-bond donors (Lipinski definition) is 2. The molecule has 0 aliphatic heterocycles. The number of aryl methyl sites for hydroxylation is 2. The van der Waals surface area contributed by atoms with Gasteiger partial charge in [-0.25, -0.2) is 4.98 Å². The molecule has 0 bridgehead atoms. The van der Waals surface area contributed by atoms with Crippen molar-refractivity contribution in [3.63, 3.8) is 0 Å². The average Bonchev–Trinajstić information content (AvgIpc) is 3.04. The number of nitrogens with zero attached hydrogens (tertiary/aromatic N) is 1. The molecule has 0 spiro atoms. The second-order valence-corrected chi connectivity index (χ2v) is 6.60. The van der Waals surface area contributed by atoms with Crippen LogP contribution >= 0.6 is 0 Å². The van der Waals surface area contributed by atoms with Crippen LogP contribution in [0.3, 0.4) is 0 Å². The summed E-state index contributed by atoms with van der Waals surface area (Å²) >= 11 is 0. The number of methoxy groups -OCH3 is 2. The smallest absolute Gasteiger partial charge is 0.194 e. The second-order valence-electron chi connectivity index (χ2n) is 6.60. The summed E-state index contributed by atoms with van der Waals surface area (Å²) in [7, 11) is 3.26. The van der Waals surface area contributed by atoms with E-state index in [0.29, 0.717) is 29.5 Å². The third-order valence-corrected chi connectivity index (χ3v) is 4.86. The van der Waals surface area contributed by atoms with Crippen LogP contribution in [0, 0.1) is 0 Å². The monoisotopic (exact) mass is 346 g/mol. The first-order chi connectivity index (χ1) is 12.0. The Hall–Kier alpha value is -2.05. The van der Waals surface area contributed by atoms with Crippen molar-refractivity contribution in [1.82, 2.24) is 4.98 Å². The van der Waals surface area contributed by atoms with E-state index in [1.54, 1.807) is 14.2 Å². The van der Waals surface area contributed by atoms with E-state index in [2.05, 4.69) is 11.9 Å². The number of aliphatic hydroxyl groups excluding tert-OH is 1. The zero-order valence-electron chi connectivity index (χ0n) is 15.1. The molecule has 136 valence electrons. The molecule has 6 heteroatoms. The highest BCUT2D eigenvalue weighted by atomic mass is 16.5. The van der Waals surface area contributed by atoms with Gasteiger partial charge in [0.15, 0.2) is 17.4 Å². The number of oxazole rings is 1. The van der Waals surface area contributed by atoms with Gasteiger partial charge in [-0.3, -0.25) is 0 Å². The standard InChI is InChI=1S/C19H26N2O4/c1-4-5-17-21-14(11-22)18(25-17)19(20)7-6-12-8-15(23-2)16(24-3)9-13(12)10-19/h8-9,22H,4-7,10-11,20H2,1-3H3. The van der Waals surface area contributed by atoms with Crippen LogP contribution in [-0.4, -0.2) is 24.3 Å². The van der Waals surface area contributed by atoms with Crippen LogP contribution < -0.4 is 15.2 Å². The Morgan fingerprint density at radius 1 is 1.24 bits per heavy atom. The molecule has 1 aliphatic carbocycles. The van der Waals surface area contributed by atoms with Gasteiger partial charge < -0.3 is 24.7 Å². The quantitative estimate of drug-likeness (QED) is 0.835. The molecule has 6 nitrogen and oxygen atoms in total. The lowest BCUT2D eigenvalue weighted by molar-refractivity contribution is 0.254. The van der Waals surface area contributed by atoms with E-state index in [-0.39, 0.29) is 6.61 Å². The lowest BCUT2D eigenvalue weighted by Gasteiger charge is -2.33. The first-order valence-corrected chi connectivity index (χ1v) is 8.67. The molecule has 25 heavy (non-hydrogen) atoms. The molecule has 1 aromatic carbocycles. The second kappa shape index (κ2) is 7.06. The molecule has 1 heterocycles. The molecule has 1 unspecified atom stereocenters. The fourth-order valence-corrected chi connectivity index (χ4v) is 3.56. The van der Waals surface area contributed by atoms with Gasteiger partial charge in [0.25, 0.3) is 0 Å². The van der Waals surface area contributed by atoms with Gasteiger partial charge >= 0.3 is 0 Å². The summed E-state index contributed by atoms with van der Waals surface area (Å²) in [4.78, 5) is 4.41. The normalized spacial score (nSPS) is 19.6. The molecule has 3 N–H and O–H groups in total. The number of fused-ring (bicyclic) bond motifs is 1. The Labute approximate surface area is 148 Å². The van der Waals surface area contributed by atoms with E-state index in [0.717, 1.165) is 37.0 Å². The number of benzene rings is 1. The van der Waals surface area contributed by atoms with Gasteiger partial charge in [-0.2, -0.15) is 0 Å². The van der Waals surface area contributed by atoms with Crippen LogP contribution in [0.15, 0.2) is 16.5 Å². The Morgan fingerprint density at radius 2 is 1.92 bits per heavy atom. The summed E-state index contributed by atoms with van der Waals surface area (Å²) in [5.41, 5.74) is 8.92. The predicted molar refractivity (Wildman–Crippen MR) is 93.9 cm³/mol. The first-order valence-electron chi connectivity index (χ1n) is 8.67. The predicted octanol–water partition coefficient (Wildman–Crippen LogP) is 2.48. The summed E-state index contributed by atoms with van der Waals surface area (Å²) in [6.45, 7) is 1.90. The van der Waals surface area contributed by atoms with E-state index < -0.39 is 5.54 Å². The minimum atomic E-state index is -0.677. The summed E-state index contributed by atoms with van der Waals surface area (Å²) in [6, 6.07) is 4.00. The number of hydrogen-bond acceptors (Lipinski definition) is 6. The van der Waals surface area contributed by atoms with Crippen LogP contribution in [0.1, 0.15) is 48.2 Å². The van der Waals surface area contributed by atoms with Gasteiger partial charge in [-0.1, -0.05) is 6.92 Å². The van der Waals surface area contributed by atoms with Gasteiger partial charge in [0.05, 0.1) is 26.4 Å². The van der Waals surface area contributed by atoms with Gasteiger partial charge in [0.1, 0.15) is 11.5 Å². The Balaban J connectivity index is 1.98. The van der Waals surface area contributed by atoms with Crippen LogP contribution in [0.4, 0.5) is 0 Å². The maximum absolute atomic E-state index is 9.68. The molecule has 0 saturated heterocycles. The zero-order valence-corrected chi connectivity index (χ0v) is 15.1. The molecular formula is C19H26N2O4. The fraction of sp³-hybridized carbons (Fsp3) is 0.526. The molecule has 0 radical (unpaired) electrons. The summed E-state index contributed by atoms with van der Waals surface area (Å²) < 4.78 is 16.8. The number of nitrogens with two attached hydrogens (primary N) is 1. The molecule has 1 aliphatic rings. The lowest BCUT2D eigenvalue weighted by atomic mass is 9.76. The van der Waals surface area contributed by atoms with Crippen LogP contribution in [0.2, 0.25) is 0 Å². The molecule has 0 saturated carbocycles. The molecule has 0 amide bonds. The fourth-order valence-electron chi connectivity index (χ4n) is 3.56. The van der Waals surface area contributed by atoms with Crippen LogP contribution in [-0.2, 0) is 31.4 Å². The van der Waals surface area contributed by atoms with E-state index in [4.69, 9.17) is 19.6 Å². The molecule has 2 aromatic rings. The zero-order chi connectivity index (χ0) is 18.0. The number of ether oxygens (including phenoxy) is 2. The maximum atomic E-state index is 9.68. The van der Waals surface area contributed by atoms with E-state index in [9.17, 15) is 5.11 Å². The van der Waals surface area contributed by atoms with Crippen LogP contribution in [0.5, 0.6) is 11.5 Å². The van der Waals surface area contributed by atoms with Crippen molar-refractivity contribution in [2.24, 2.45) is 5.73 Å². The first kappa shape index (κ1) is 17.8. The SMILES string of the molecule is CCCc1nc(CO)c(C2(N)CCc3cc(OC)c(OC)cc3C2)o1. The summed E-state index contributed by atoms with van der Waals surface area (Å²) in [6.07, 6.45) is 3.81.